The predicted molar refractivity (Wildman–Crippen MR) is 43.0 cm³/mol. The van der Waals surface area contributed by atoms with E-state index in [1.165, 1.54) is 0 Å². The van der Waals surface area contributed by atoms with Gasteiger partial charge >= 0.3 is 0 Å². The molecule has 2 nitrogen and oxygen atoms in total. The lowest BCUT2D eigenvalue weighted by Crippen LogP contribution is -2.50. The first kappa shape index (κ1) is 6.95. The molecule has 1 heterocycles. The Balaban J connectivity index is 2.13. The highest BCUT2D eigenvalue weighted by Crippen LogP contribution is 2.48. The minimum Gasteiger partial charge on any atom is -0.387 e. The highest BCUT2D eigenvalue weighted by molar-refractivity contribution is 7.99. The molecule has 1 aliphatic carbocycles. The van der Waals surface area contributed by atoms with Gasteiger partial charge in [0.15, 0.2) is 0 Å². The van der Waals surface area contributed by atoms with Gasteiger partial charge in [0.1, 0.15) is 0 Å². The van der Waals surface area contributed by atoms with Crippen molar-refractivity contribution in [3.05, 3.63) is 0 Å². The van der Waals surface area contributed by atoms with Crippen LogP contribution < -0.4 is 5.73 Å². The normalized spacial score (nSPS) is 43.8. The lowest BCUT2D eigenvalue weighted by atomic mass is 9.92. The lowest BCUT2D eigenvalue weighted by Gasteiger charge is -2.28. The van der Waals surface area contributed by atoms with Gasteiger partial charge in [0, 0.05) is 11.3 Å². The van der Waals surface area contributed by atoms with E-state index in [1.54, 1.807) is 0 Å². The van der Waals surface area contributed by atoms with E-state index in [9.17, 15) is 5.11 Å². The third-order valence-corrected chi connectivity index (χ3v) is 3.89. The van der Waals surface area contributed by atoms with Gasteiger partial charge in [0.2, 0.25) is 0 Å². The van der Waals surface area contributed by atoms with E-state index >= 15 is 0 Å². The molecule has 0 amide bonds. The quantitative estimate of drug-likeness (QED) is 0.580. The second-order valence-corrected chi connectivity index (χ2v) is 4.60. The summed E-state index contributed by atoms with van der Waals surface area (Å²) in [5.74, 6) is 1.93. The average molecular weight is 159 g/mol. The molecule has 0 aromatic carbocycles. The molecule has 0 spiro atoms. The summed E-state index contributed by atoms with van der Waals surface area (Å²) in [4.78, 5) is 0. The summed E-state index contributed by atoms with van der Waals surface area (Å²) in [6.07, 6.45) is 2.93. The Kier molecular flexibility index (Phi) is 1.32. The summed E-state index contributed by atoms with van der Waals surface area (Å²) in [6, 6.07) is 0. The largest absolute Gasteiger partial charge is 0.387 e. The Bertz CT molecular complexity index is 150. The third kappa shape index (κ3) is 0.807. The van der Waals surface area contributed by atoms with E-state index in [4.69, 9.17) is 5.73 Å². The van der Waals surface area contributed by atoms with E-state index in [0.717, 1.165) is 30.8 Å². The van der Waals surface area contributed by atoms with Crippen molar-refractivity contribution in [2.45, 2.75) is 30.4 Å². The second-order valence-electron chi connectivity index (χ2n) is 3.49. The van der Waals surface area contributed by atoms with E-state index in [0.29, 0.717) is 0 Å². The van der Waals surface area contributed by atoms with Gasteiger partial charge < -0.3 is 10.8 Å². The van der Waals surface area contributed by atoms with Crippen molar-refractivity contribution < 1.29 is 5.11 Å². The van der Waals surface area contributed by atoms with Crippen molar-refractivity contribution in [3.63, 3.8) is 0 Å². The van der Waals surface area contributed by atoms with Crippen molar-refractivity contribution in [2.24, 2.45) is 5.73 Å². The van der Waals surface area contributed by atoms with Crippen LogP contribution in [0.3, 0.4) is 0 Å². The predicted octanol–water partition coefficient (Wildman–Crippen LogP) is 0.346. The second kappa shape index (κ2) is 1.90. The van der Waals surface area contributed by atoms with Crippen LogP contribution in [-0.2, 0) is 0 Å². The Morgan fingerprint density at radius 3 is 2.40 bits per heavy atom. The summed E-state index contributed by atoms with van der Waals surface area (Å²) >= 11 is 1.82. The fraction of sp³-hybridized carbons (Fsp3) is 1.00. The first-order chi connectivity index (χ1) is 4.66. The van der Waals surface area contributed by atoms with Crippen molar-refractivity contribution in [1.29, 1.82) is 0 Å². The van der Waals surface area contributed by atoms with Crippen molar-refractivity contribution in [3.8, 4) is 0 Å². The molecule has 1 aliphatic heterocycles. The van der Waals surface area contributed by atoms with Gasteiger partial charge in [-0.3, -0.25) is 0 Å². The van der Waals surface area contributed by atoms with Gasteiger partial charge in [-0.15, -0.1) is 0 Å². The van der Waals surface area contributed by atoms with Gasteiger partial charge in [0.25, 0.3) is 0 Å². The fourth-order valence-corrected chi connectivity index (χ4v) is 2.94. The smallest absolute Gasteiger partial charge is 0.0923 e. The molecule has 2 fully saturated rings. The number of nitrogens with two attached hydrogens (primary N) is 1. The van der Waals surface area contributed by atoms with E-state index in [-0.39, 0.29) is 5.54 Å². The van der Waals surface area contributed by atoms with E-state index < -0.39 is 5.60 Å². The van der Waals surface area contributed by atoms with Crippen molar-refractivity contribution >= 4 is 11.8 Å². The van der Waals surface area contributed by atoms with Crippen LogP contribution in [0.25, 0.3) is 0 Å². The molecular formula is C7H13NOS. The van der Waals surface area contributed by atoms with Crippen LogP contribution in [0.2, 0.25) is 0 Å². The van der Waals surface area contributed by atoms with Gasteiger partial charge in [-0.25, -0.2) is 0 Å². The molecular weight excluding hydrogens is 146 g/mol. The monoisotopic (exact) mass is 159 g/mol. The molecule has 0 bridgehead atoms. The van der Waals surface area contributed by atoms with Crippen LogP contribution in [0.5, 0.6) is 0 Å². The molecule has 0 aromatic heterocycles. The Morgan fingerprint density at radius 2 is 2.00 bits per heavy atom. The molecule has 0 radical (unpaired) electrons. The lowest BCUT2D eigenvalue weighted by molar-refractivity contribution is 0.0303. The molecule has 10 heavy (non-hydrogen) atoms. The number of aliphatic hydroxyl groups is 1. The zero-order valence-corrected chi connectivity index (χ0v) is 6.78. The topological polar surface area (TPSA) is 46.2 Å². The fourth-order valence-electron chi connectivity index (χ4n) is 1.55. The first-order valence-electron chi connectivity index (χ1n) is 3.75. The van der Waals surface area contributed by atoms with Crippen LogP contribution in [0.4, 0.5) is 0 Å². The van der Waals surface area contributed by atoms with Gasteiger partial charge in [-0.2, -0.15) is 11.8 Å². The Labute approximate surface area is 65.2 Å². The average Bonchev–Trinajstić information content (AvgIpc) is 2.46. The maximum absolute atomic E-state index is 9.94. The molecule has 1 saturated carbocycles. The number of hydrogen-bond donors (Lipinski definition) is 2. The van der Waals surface area contributed by atoms with Gasteiger partial charge in [-0.1, -0.05) is 0 Å². The standard InChI is InChI=1S/C7H13NOS/c8-6(1-2-6)7(9)3-4-10-5-7/h9H,1-5,8H2. The third-order valence-electron chi connectivity index (χ3n) is 2.72. The van der Waals surface area contributed by atoms with E-state index in [2.05, 4.69) is 0 Å². The zero-order chi connectivity index (χ0) is 7.24. The molecule has 1 saturated heterocycles. The van der Waals surface area contributed by atoms with Gasteiger partial charge in [-0.05, 0) is 25.0 Å². The number of rotatable bonds is 1. The Hall–Kier alpha value is 0.270. The summed E-state index contributed by atoms with van der Waals surface area (Å²) in [7, 11) is 0. The summed E-state index contributed by atoms with van der Waals surface area (Å²) in [5, 5.41) is 9.94. The van der Waals surface area contributed by atoms with Crippen LogP contribution in [0.1, 0.15) is 19.3 Å². The molecule has 1 atom stereocenters. The van der Waals surface area contributed by atoms with Crippen LogP contribution in [-0.4, -0.2) is 27.8 Å². The van der Waals surface area contributed by atoms with Crippen LogP contribution in [0.15, 0.2) is 0 Å². The highest BCUT2D eigenvalue weighted by Gasteiger charge is 2.56. The summed E-state index contributed by atoms with van der Waals surface area (Å²) in [6.45, 7) is 0. The van der Waals surface area contributed by atoms with E-state index in [1.807, 2.05) is 11.8 Å². The SMILES string of the molecule is NC1(C2(O)CCSC2)CC1. The zero-order valence-electron chi connectivity index (χ0n) is 5.97. The van der Waals surface area contributed by atoms with Crippen LogP contribution in [0, 0.1) is 0 Å². The maximum atomic E-state index is 9.94. The molecule has 2 rings (SSSR count). The molecule has 1 unspecified atom stereocenters. The minimum atomic E-state index is -0.516. The first-order valence-corrected chi connectivity index (χ1v) is 4.91. The Morgan fingerprint density at radius 1 is 1.30 bits per heavy atom. The number of thioether (sulfide) groups is 1. The van der Waals surface area contributed by atoms with Crippen molar-refractivity contribution in [1.82, 2.24) is 0 Å². The maximum Gasteiger partial charge on any atom is 0.0923 e. The highest BCUT2D eigenvalue weighted by atomic mass is 32.2. The van der Waals surface area contributed by atoms with Crippen LogP contribution >= 0.6 is 11.8 Å². The summed E-state index contributed by atoms with van der Waals surface area (Å²) < 4.78 is 0. The molecule has 2 aliphatic rings. The van der Waals surface area contributed by atoms with Gasteiger partial charge in [0.05, 0.1) is 5.60 Å². The minimum absolute atomic E-state index is 0.198. The molecule has 58 valence electrons. The summed E-state index contributed by atoms with van der Waals surface area (Å²) in [5.41, 5.74) is 5.21. The van der Waals surface area contributed by atoms with Crippen molar-refractivity contribution in [2.75, 3.05) is 11.5 Å². The molecule has 3 N–H and O–H groups in total. The number of hydrogen-bond acceptors (Lipinski definition) is 3. The molecule has 0 aromatic rings. The molecule has 3 heteroatoms.